The highest BCUT2D eigenvalue weighted by Crippen LogP contribution is 2.21. The van der Waals surface area contributed by atoms with Crippen molar-refractivity contribution in [1.82, 2.24) is 10.2 Å². The van der Waals surface area contributed by atoms with Gasteiger partial charge in [0.05, 0.1) is 0 Å². The Balaban J connectivity index is 2.00. The summed E-state index contributed by atoms with van der Waals surface area (Å²) in [7, 11) is 0. The molecule has 1 heterocycles. The molecule has 0 aliphatic rings. The molecule has 0 atom stereocenters. The van der Waals surface area contributed by atoms with E-state index in [0.29, 0.717) is 24.1 Å². The largest absolute Gasteiger partial charge is 0.484 e. The van der Waals surface area contributed by atoms with Gasteiger partial charge in [-0.1, -0.05) is 12.1 Å². The Morgan fingerprint density at radius 2 is 2.00 bits per heavy atom. The SMILES string of the molecule is Cc1cccc(OCc2nnc(CCCl)o2)c1C. The third-order valence-corrected chi connectivity index (χ3v) is 2.91. The molecule has 0 unspecified atom stereocenters. The third-order valence-electron chi connectivity index (χ3n) is 2.72. The molecule has 5 heteroatoms. The lowest BCUT2D eigenvalue weighted by molar-refractivity contribution is 0.257. The van der Waals surface area contributed by atoms with Gasteiger partial charge in [0.2, 0.25) is 5.89 Å². The molecular formula is C13H15ClN2O2. The van der Waals surface area contributed by atoms with Crippen LogP contribution in [0.4, 0.5) is 0 Å². The minimum absolute atomic E-state index is 0.277. The fourth-order valence-corrected chi connectivity index (χ4v) is 1.71. The summed E-state index contributed by atoms with van der Waals surface area (Å²) in [6, 6.07) is 5.94. The van der Waals surface area contributed by atoms with E-state index in [1.807, 2.05) is 32.0 Å². The molecule has 0 saturated heterocycles. The van der Waals surface area contributed by atoms with Crippen LogP contribution in [0.3, 0.4) is 0 Å². The first-order valence-electron chi connectivity index (χ1n) is 5.77. The van der Waals surface area contributed by atoms with Crippen LogP contribution < -0.4 is 4.74 Å². The van der Waals surface area contributed by atoms with Gasteiger partial charge in [-0.2, -0.15) is 0 Å². The molecule has 0 spiro atoms. The number of nitrogens with zero attached hydrogens (tertiary/aromatic N) is 2. The molecule has 2 rings (SSSR count). The fourth-order valence-electron chi connectivity index (χ4n) is 1.55. The highest BCUT2D eigenvalue weighted by atomic mass is 35.5. The van der Waals surface area contributed by atoms with Crippen molar-refractivity contribution in [3.05, 3.63) is 41.1 Å². The number of ether oxygens (including phenoxy) is 1. The van der Waals surface area contributed by atoms with Gasteiger partial charge < -0.3 is 9.15 Å². The number of aromatic nitrogens is 2. The maximum Gasteiger partial charge on any atom is 0.253 e. The highest BCUT2D eigenvalue weighted by molar-refractivity contribution is 6.17. The standard InChI is InChI=1S/C13H15ClN2O2/c1-9-4-3-5-11(10(9)2)17-8-13-16-15-12(18-13)6-7-14/h3-5H,6-8H2,1-2H3. The van der Waals surface area contributed by atoms with Crippen LogP contribution in [0.15, 0.2) is 22.6 Å². The average Bonchev–Trinajstić information content (AvgIpc) is 2.79. The molecule has 4 nitrogen and oxygen atoms in total. The summed E-state index contributed by atoms with van der Waals surface area (Å²) in [5.41, 5.74) is 2.32. The van der Waals surface area contributed by atoms with Crippen LogP contribution in [0.25, 0.3) is 0 Å². The lowest BCUT2D eigenvalue weighted by atomic mass is 10.1. The van der Waals surface area contributed by atoms with E-state index in [9.17, 15) is 0 Å². The Kier molecular flexibility index (Phi) is 4.20. The van der Waals surface area contributed by atoms with Crippen molar-refractivity contribution < 1.29 is 9.15 Å². The second kappa shape index (κ2) is 5.87. The minimum atomic E-state index is 0.277. The van der Waals surface area contributed by atoms with Gasteiger partial charge in [0.15, 0.2) is 6.61 Å². The van der Waals surface area contributed by atoms with E-state index in [1.165, 1.54) is 5.56 Å². The number of hydrogen-bond acceptors (Lipinski definition) is 4. The summed E-state index contributed by atoms with van der Waals surface area (Å²) in [5, 5.41) is 7.78. The first kappa shape index (κ1) is 12.9. The van der Waals surface area contributed by atoms with Gasteiger partial charge in [0, 0.05) is 12.3 Å². The molecule has 0 radical (unpaired) electrons. The maximum atomic E-state index is 5.67. The van der Waals surface area contributed by atoms with Crippen molar-refractivity contribution in [3.8, 4) is 5.75 Å². The molecule has 2 aromatic rings. The Hall–Kier alpha value is -1.55. The first-order chi connectivity index (χ1) is 8.70. The minimum Gasteiger partial charge on any atom is -0.484 e. The van der Waals surface area contributed by atoms with Gasteiger partial charge in [0.25, 0.3) is 5.89 Å². The lowest BCUT2D eigenvalue weighted by Crippen LogP contribution is -1.98. The van der Waals surface area contributed by atoms with Crippen molar-refractivity contribution in [2.75, 3.05) is 5.88 Å². The van der Waals surface area contributed by atoms with Crippen molar-refractivity contribution >= 4 is 11.6 Å². The summed E-state index contributed by atoms with van der Waals surface area (Å²) in [5.74, 6) is 2.33. The van der Waals surface area contributed by atoms with Gasteiger partial charge in [-0.3, -0.25) is 0 Å². The van der Waals surface area contributed by atoms with Crippen molar-refractivity contribution in [2.45, 2.75) is 26.9 Å². The number of halogens is 1. The monoisotopic (exact) mass is 266 g/mol. The summed E-state index contributed by atoms with van der Waals surface area (Å²) in [4.78, 5) is 0. The van der Waals surface area contributed by atoms with Crippen molar-refractivity contribution in [1.29, 1.82) is 0 Å². The van der Waals surface area contributed by atoms with E-state index in [4.69, 9.17) is 20.8 Å². The van der Waals surface area contributed by atoms with E-state index < -0.39 is 0 Å². The maximum absolute atomic E-state index is 5.67. The van der Waals surface area contributed by atoms with E-state index in [2.05, 4.69) is 10.2 Å². The molecule has 0 aliphatic carbocycles. The Morgan fingerprint density at radius 1 is 1.22 bits per heavy atom. The zero-order valence-corrected chi connectivity index (χ0v) is 11.2. The van der Waals surface area contributed by atoms with E-state index in [0.717, 1.165) is 11.3 Å². The fraction of sp³-hybridized carbons (Fsp3) is 0.385. The van der Waals surface area contributed by atoms with Gasteiger partial charge in [-0.25, -0.2) is 0 Å². The van der Waals surface area contributed by atoms with Crippen LogP contribution in [0.5, 0.6) is 5.75 Å². The predicted octanol–water partition coefficient (Wildman–Crippen LogP) is 3.05. The summed E-state index contributed by atoms with van der Waals surface area (Å²) < 4.78 is 11.1. The number of rotatable bonds is 5. The summed E-state index contributed by atoms with van der Waals surface area (Å²) >= 11 is 5.60. The van der Waals surface area contributed by atoms with Crippen LogP contribution in [-0.4, -0.2) is 16.1 Å². The normalized spacial score (nSPS) is 10.6. The van der Waals surface area contributed by atoms with Crippen LogP contribution in [0, 0.1) is 13.8 Å². The van der Waals surface area contributed by atoms with E-state index in [-0.39, 0.29) is 6.61 Å². The second-order valence-corrected chi connectivity index (χ2v) is 4.39. The van der Waals surface area contributed by atoms with Gasteiger partial charge in [0.1, 0.15) is 5.75 Å². The van der Waals surface area contributed by atoms with Crippen LogP contribution in [-0.2, 0) is 13.0 Å². The average molecular weight is 267 g/mol. The molecule has 0 fully saturated rings. The molecule has 0 bridgehead atoms. The molecule has 0 N–H and O–H groups in total. The summed E-state index contributed by atoms with van der Waals surface area (Å²) in [6.45, 7) is 4.35. The topological polar surface area (TPSA) is 48.2 Å². The molecule has 18 heavy (non-hydrogen) atoms. The van der Waals surface area contributed by atoms with Crippen molar-refractivity contribution in [2.24, 2.45) is 0 Å². The van der Waals surface area contributed by atoms with Gasteiger partial charge in [-0.15, -0.1) is 21.8 Å². The second-order valence-electron chi connectivity index (χ2n) is 4.02. The molecule has 0 saturated carbocycles. The van der Waals surface area contributed by atoms with Gasteiger partial charge in [-0.05, 0) is 31.0 Å². The van der Waals surface area contributed by atoms with Gasteiger partial charge >= 0.3 is 0 Å². The molecule has 1 aromatic heterocycles. The number of alkyl halides is 1. The molecule has 96 valence electrons. The molecule has 1 aromatic carbocycles. The Labute approximate surface area is 111 Å². The smallest absolute Gasteiger partial charge is 0.253 e. The molecular weight excluding hydrogens is 252 g/mol. The number of hydrogen-bond donors (Lipinski definition) is 0. The first-order valence-corrected chi connectivity index (χ1v) is 6.30. The zero-order valence-electron chi connectivity index (χ0n) is 10.4. The molecule has 0 amide bonds. The third kappa shape index (κ3) is 3.01. The number of benzene rings is 1. The van der Waals surface area contributed by atoms with Crippen LogP contribution >= 0.6 is 11.6 Å². The van der Waals surface area contributed by atoms with Crippen molar-refractivity contribution in [3.63, 3.8) is 0 Å². The Morgan fingerprint density at radius 3 is 2.78 bits per heavy atom. The van der Waals surface area contributed by atoms with E-state index in [1.54, 1.807) is 0 Å². The quantitative estimate of drug-likeness (QED) is 0.781. The van der Waals surface area contributed by atoms with Crippen LogP contribution in [0.2, 0.25) is 0 Å². The molecule has 0 aliphatic heterocycles. The zero-order chi connectivity index (χ0) is 13.0. The number of aryl methyl sites for hydroxylation is 2. The summed E-state index contributed by atoms with van der Waals surface area (Å²) in [6.07, 6.45) is 0.581. The highest BCUT2D eigenvalue weighted by Gasteiger charge is 2.07. The lowest BCUT2D eigenvalue weighted by Gasteiger charge is -2.08. The van der Waals surface area contributed by atoms with Crippen LogP contribution in [0.1, 0.15) is 22.9 Å². The predicted molar refractivity (Wildman–Crippen MR) is 69.0 cm³/mol. The van der Waals surface area contributed by atoms with E-state index >= 15 is 0 Å². The Bertz CT molecular complexity index is 525.